The van der Waals surface area contributed by atoms with Crippen LogP contribution in [-0.4, -0.2) is 38.7 Å². The second-order valence-electron chi connectivity index (χ2n) is 3.98. The van der Waals surface area contributed by atoms with E-state index in [0.29, 0.717) is 0 Å². The van der Waals surface area contributed by atoms with Crippen molar-refractivity contribution in [2.45, 2.75) is 12.5 Å². The van der Waals surface area contributed by atoms with Gasteiger partial charge < -0.3 is 10.0 Å². The Morgan fingerprint density at radius 2 is 2.25 bits per heavy atom. The van der Waals surface area contributed by atoms with Gasteiger partial charge in [-0.3, -0.25) is 14.3 Å². The first-order chi connectivity index (χ1) is 7.52. The number of carboxylic acids is 1. The molecule has 1 N–H and O–H groups in total. The number of hydrogen-bond donors (Lipinski definition) is 1. The molecule has 0 spiro atoms. The number of amides is 1. The van der Waals surface area contributed by atoms with E-state index in [-0.39, 0.29) is 12.3 Å². The molecule has 2 heterocycles. The number of nitrogens with zero attached hydrogens (tertiary/aromatic N) is 3. The van der Waals surface area contributed by atoms with Gasteiger partial charge in [-0.2, -0.15) is 5.10 Å². The Kier molecular flexibility index (Phi) is 2.41. The topological polar surface area (TPSA) is 75.4 Å². The third-order valence-electron chi connectivity index (χ3n) is 3.07. The van der Waals surface area contributed by atoms with Crippen molar-refractivity contribution in [3.05, 3.63) is 18.0 Å². The molecule has 1 fully saturated rings. The Balaban J connectivity index is 2.40. The minimum Gasteiger partial charge on any atom is -0.481 e. The van der Waals surface area contributed by atoms with Crippen molar-refractivity contribution in [2.75, 3.05) is 7.05 Å². The van der Waals surface area contributed by atoms with Crippen LogP contribution >= 0.6 is 0 Å². The van der Waals surface area contributed by atoms with E-state index >= 15 is 0 Å². The largest absolute Gasteiger partial charge is 0.481 e. The number of aromatic nitrogens is 2. The van der Waals surface area contributed by atoms with Crippen LogP contribution in [0.15, 0.2) is 12.3 Å². The summed E-state index contributed by atoms with van der Waals surface area (Å²) in [5, 5.41) is 13.1. The second kappa shape index (κ2) is 3.62. The van der Waals surface area contributed by atoms with Crippen molar-refractivity contribution in [2.24, 2.45) is 13.0 Å². The maximum atomic E-state index is 11.5. The SMILES string of the molecule is CN1C(=O)C[C@@H](C(=O)O)[C@@H]1c1ccnn1C. The summed E-state index contributed by atoms with van der Waals surface area (Å²) in [5.41, 5.74) is 0.751. The fourth-order valence-electron chi connectivity index (χ4n) is 2.17. The number of likely N-dealkylation sites (tertiary alicyclic amines) is 1. The summed E-state index contributed by atoms with van der Waals surface area (Å²) in [4.78, 5) is 24.1. The molecule has 0 bridgehead atoms. The zero-order valence-electron chi connectivity index (χ0n) is 9.12. The fraction of sp³-hybridized carbons (Fsp3) is 0.500. The summed E-state index contributed by atoms with van der Waals surface area (Å²) >= 11 is 0. The lowest BCUT2D eigenvalue weighted by atomic mass is 9.98. The van der Waals surface area contributed by atoms with Crippen LogP contribution in [0, 0.1) is 5.92 Å². The van der Waals surface area contributed by atoms with Gasteiger partial charge >= 0.3 is 5.97 Å². The smallest absolute Gasteiger partial charge is 0.309 e. The number of hydrogen-bond acceptors (Lipinski definition) is 3. The van der Waals surface area contributed by atoms with Crippen LogP contribution in [0.2, 0.25) is 0 Å². The number of carbonyl (C=O) groups excluding carboxylic acids is 1. The maximum absolute atomic E-state index is 11.5. The van der Waals surface area contributed by atoms with Crippen LogP contribution in [0.25, 0.3) is 0 Å². The van der Waals surface area contributed by atoms with E-state index in [1.54, 1.807) is 31.0 Å². The first-order valence-corrected chi connectivity index (χ1v) is 4.98. The predicted octanol–water partition coefficient (Wildman–Crippen LogP) is 0.0241. The summed E-state index contributed by atoms with van der Waals surface area (Å²) in [6.45, 7) is 0. The van der Waals surface area contributed by atoms with E-state index in [4.69, 9.17) is 5.11 Å². The summed E-state index contributed by atoms with van der Waals surface area (Å²) in [6, 6.07) is 1.33. The monoisotopic (exact) mass is 223 g/mol. The minimum absolute atomic E-state index is 0.0572. The summed E-state index contributed by atoms with van der Waals surface area (Å²) < 4.78 is 1.61. The summed E-state index contributed by atoms with van der Waals surface area (Å²) in [6.07, 6.45) is 1.66. The predicted molar refractivity (Wildman–Crippen MR) is 54.5 cm³/mol. The Morgan fingerprint density at radius 3 is 2.75 bits per heavy atom. The molecule has 86 valence electrons. The molecule has 2 rings (SSSR count). The molecule has 6 heteroatoms. The number of rotatable bonds is 2. The third-order valence-corrected chi connectivity index (χ3v) is 3.07. The molecule has 2 atom stereocenters. The zero-order chi connectivity index (χ0) is 11.9. The summed E-state index contributed by atoms with van der Waals surface area (Å²) in [7, 11) is 3.37. The van der Waals surface area contributed by atoms with E-state index in [1.807, 2.05) is 0 Å². The molecule has 0 aromatic carbocycles. The van der Waals surface area contributed by atoms with Gasteiger partial charge in [0.2, 0.25) is 5.91 Å². The van der Waals surface area contributed by atoms with Crippen molar-refractivity contribution in [3.63, 3.8) is 0 Å². The number of aryl methyl sites for hydroxylation is 1. The van der Waals surface area contributed by atoms with Crippen LogP contribution in [0.1, 0.15) is 18.2 Å². The van der Waals surface area contributed by atoms with Gasteiger partial charge in [-0.15, -0.1) is 0 Å². The maximum Gasteiger partial charge on any atom is 0.309 e. The van der Waals surface area contributed by atoms with E-state index in [1.165, 1.54) is 4.90 Å². The van der Waals surface area contributed by atoms with E-state index in [9.17, 15) is 9.59 Å². The highest BCUT2D eigenvalue weighted by molar-refractivity contribution is 5.87. The average Bonchev–Trinajstić information content (AvgIpc) is 2.73. The number of carboxylic acid groups (broad SMARTS) is 1. The van der Waals surface area contributed by atoms with Crippen molar-refractivity contribution in [1.29, 1.82) is 0 Å². The molecule has 0 aliphatic carbocycles. The lowest BCUT2D eigenvalue weighted by Gasteiger charge is -2.22. The number of carbonyl (C=O) groups is 2. The van der Waals surface area contributed by atoms with Crippen molar-refractivity contribution >= 4 is 11.9 Å². The summed E-state index contributed by atoms with van der Waals surface area (Å²) in [5.74, 6) is -1.77. The van der Waals surface area contributed by atoms with E-state index in [0.717, 1.165) is 5.69 Å². The van der Waals surface area contributed by atoms with Gasteiger partial charge in [-0.1, -0.05) is 0 Å². The molecular formula is C10H13N3O3. The lowest BCUT2D eigenvalue weighted by Crippen LogP contribution is -2.28. The van der Waals surface area contributed by atoms with Crippen LogP contribution in [0.5, 0.6) is 0 Å². The lowest BCUT2D eigenvalue weighted by molar-refractivity contribution is -0.142. The Bertz CT molecular complexity index is 440. The average molecular weight is 223 g/mol. The van der Waals surface area contributed by atoms with Gasteiger partial charge in [0.15, 0.2) is 0 Å². The molecule has 1 aromatic heterocycles. The Hall–Kier alpha value is -1.85. The van der Waals surface area contributed by atoms with Gasteiger partial charge in [-0.25, -0.2) is 0 Å². The van der Waals surface area contributed by atoms with Crippen LogP contribution in [0.3, 0.4) is 0 Å². The fourth-order valence-corrected chi connectivity index (χ4v) is 2.17. The molecule has 1 aliphatic heterocycles. The van der Waals surface area contributed by atoms with Crippen LogP contribution in [-0.2, 0) is 16.6 Å². The third kappa shape index (κ3) is 1.46. The van der Waals surface area contributed by atoms with Crippen molar-refractivity contribution in [1.82, 2.24) is 14.7 Å². The molecule has 0 unspecified atom stereocenters. The molecule has 1 aliphatic rings. The Labute approximate surface area is 92.5 Å². The molecule has 0 radical (unpaired) electrons. The first-order valence-electron chi connectivity index (χ1n) is 4.98. The van der Waals surface area contributed by atoms with Gasteiger partial charge in [0.05, 0.1) is 17.7 Å². The van der Waals surface area contributed by atoms with Gasteiger partial charge in [0.1, 0.15) is 0 Å². The van der Waals surface area contributed by atoms with Crippen LogP contribution in [0.4, 0.5) is 0 Å². The van der Waals surface area contributed by atoms with Crippen molar-refractivity contribution in [3.8, 4) is 0 Å². The van der Waals surface area contributed by atoms with Crippen molar-refractivity contribution < 1.29 is 14.7 Å². The van der Waals surface area contributed by atoms with Gasteiger partial charge in [-0.05, 0) is 6.07 Å². The quantitative estimate of drug-likeness (QED) is 0.767. The number of aliphatic carboxylic acids is 1. The molecule has 6 nitrogen and oxygen atoms in total. The minimum atomic E-state index is -0.941. The van der Waals surface area contributed by atoms with E-state index < -0.39 is 17.9 Å². The molecular weight excluding hydrogens is 210 g/mol. The second-order valence-corrected chi connectivity index (χ2v) is 3.98. The molecule has 0 saturated carbocycles. The van der Waals surface area contributed by atoms with Gasteiger partial charge in [0, 0.05) is 26.7 Å². The zero-order valence-corrected chi connectivity index (χ0v) is 9.12. The Morgan fingerprint density at radius 1 is 1.56 bits per heavy atom. The highest BCUT2D eigenvalue weighted by Crippen LogP contribution is 2.36. The molecule has 1 amide bonds. The molecule has 1 saturated heterocycles. The standard InChI is InChI=1S/C10H13N3O3/c1-12-8(14)5-6(10(15)16)9(12)7-3-4-11-13(7)2/h3-4,6,9H,5H2,1-2H3,(H,15,16)/t6-,9-/m1/s1. The van der Waals surface area contributed by atoms with Gasteiger partial charge in [0.25, 0.3) is 0 Å². The molecule has 1 aromatic rings. The normalized spacial score (nSPS) is 25.1. The molecule has 16 heavy (non-hydrogen) atoms. The highest BCUT2D eigenvalue weighted by Gasteiger charge is 2.43. The first kappa shape index (κ1) is 10.7. The highest BCUT2D eigenvalue weighted by atomic mass is 16.4. The van der Waals surface area contributed by atoms with E-state index in [2.05, 4.69) is 5.10 Å². The van der Waals surface area contributed by atoms with Crippen LogP contribution < -0.4 is 0 Å².